The molecule has 0 heterocycles. The minimum atomic E-state index is -0.504. The summed E-state index contributed by atoms with van der Waals surface area (Å²) in [5.41, 5.74) is 1.71. The van der Waals surface area contributed by atoms with Crippen LogP contribution in [0.3, 0.4) is 0 Å². The van der Waals surface area contributed by atoms with Crippen LogP contribution in [0, 0.1) is 28.4 Å². The molecule has 0 aliphatic heterocycles. The summed E-state index contributed by atoms with van der Waals surface area (Å²) in [6.07, 6.45) is 0.206. The number of amides is 1. The van der Waals surface area contributed by atoms with Crippen molar-refractivity contribution in [3.8, 4) is 11.8 Å². The van der Waals surface area contributed by atoms with Crippen LogP contribution < -0.4 is 9.64 Å². The molecule has 1 amide bonds. The number of anilines is 1. The van der Waals surface area contributed by atoms with Crippen molar-refractivity contribution in [2.45, 2.75) is 13.3 Å². The first-order valence-electron chi connectivity index (χ1n) is 7.62. The van der Waals surface area contributed by atoms with Gasteiger partial charge in [0.15, 0.2) is 6.61 Å². The third-order valence-corrected chi connectivity index (χ3v) is 3.50. The summed E-state index contributed by atoms with van der Waals surface area (Å²) in [4.78, 5) is 24.1. The Morgan fingerprint density at radius 2 is 1.84 bits per heavy atom. The largest absolute Gasteiger partial charge is 0.484 e. The number of aryl methyl sites for hydroxylation is 1. The summed E-state index contributed by atoms with van der Waals surface area (Å²) >= 11 is 0. The molecule has 2 rings (SSSR count). The second-order valence-electron chi connectivity index (χ2n) is 5.33. The van der Waals surface area contributed by atoms with E-state index in [0.717, 1.165) is 5.56 Å². The fourth-order valence-electron chi connectivity index (χ4n) is 2.17. The molecule has 0 spiro atoms. The molecule has 0 saturated heterocycles. The van der Waals surface area contributed by atoms with E-state index < -0.39 is 4.92 Å². The Morgan fingerprint density at radius 3 is 2.40 bits per heavy atom. The minimum Gasteiger partial charge on any atom is -0.484 e. The molecule has 2 aromatic rings. The first-order chi connectivity index (χ1) is 12.0. The highest BCUT2D eigenvalue weighted by atomic mass is 16.6. The van der Waals surface area contributed by atoms with Crippen LogP contribution in [0.1, 0.15) is 12.0 Å². The molecule has 25 heavy (non-hydrogen) atoms. The number of nitrogens with zero attached hydrogens (tertiary/aromatic N) is 3. The van der Waals surface area contributed by atoms with Crippen molar-refractivity contribution < 1.29 is 14.5 Å². The SMILES string of the molecule is Cc1ccc(N(CCC#N)C(=O)COc2ccc([N+](=O)[O-])cc2)cc1. The van der Waals surface area contributed by atoms with Crippen LogP contribution >= 0.6 is 0 Å². The van der Waals surface area contributed by atoms with Crippen LogP contribution in [0.25, 0.3) is 0 Å². The van der Waals surface area contributed by atoms with Gasteiger partial charge < -0.3 is 9.64 Å². The number of benzene rings is 2. The molecule has 2 aromatic carbocycles. The second kappa shape index (κ2) is 8.45. The number of nitro groups is 1. The van der Waals surface area contributed by atoms with Crippen LogP contribution in [0.15, 0.2) is 48.5 Å². The van der Waals surface area contributed by atoms with Crippen LogP contribution in [0.5, 0.6) is 5.75 Å². The van der Waals surface area contributed by atoms with Gasteiger partial charge in [-0.2, -0.15) is 5.26 Å². The quantitative estimate of drug-likeness (QED) is 0.570. The van der Waals surface area contributed by atoms with Gasteiger partial charge in [0.1, 0.15) is 5.75 Å². The number of rotatable bonds is 7. The molecule has 0 N–H and O–H groups in total. The van der Waals surface area contributed by atoms with E-state index in [1.165, 1.54) is 29.2 Å². The molecule has 7 nitrogen and oxygen atoms in total. The highest BCUT2D eigenvalue weighted by Gasteiger charge is 2.16. The van der Waals surface area contributed by atoms with E-state index in [1.807, 2.05) is 37.3 Å². The number of nitriles is 1. The van der Waals surface area contributed by atoms with Crippen molar-refractivity contribution >= 4 is 17.3 Å². The maximum Gasteiger partial charge on any atom is 0.269 e. The summed E-state index contributed by atoms with van der Waals surface area (Å²) in [5.74, 6) is 0.0699. The monoisotopic (exact) mass is 339 g/mol. The zero-order valence-electron chi connectivity index (χ0n) is 13.7. The van der Waals surface area contributed by atoms with E-state index in [2.05, 4.69) is 0 Å². The van der Waals surface area contributed by atoms with Gasteiger partial charge in [0.05, 0.1) is 17.4 Å². The Hall–Kier alpha value is -3.40. The lowest BCUT2D eigenvalue weighted by Crippen LogP contribution is -2.35. The summed E-state index contributed by atoms with van der Waals surface area (Å²) in [6, 6.07) is 14.9. The van der Waals surface area contributed by atoms with Gasteiger partial charge >= 0.3 is 0 Å². The molecule has 0 aliphatic rings. The molecule has 0 aliphatic carbocycles. The summed E-state index contributed by atoms with van der Waals surface area (Å²) < 4.78 is 5.41. The van der Waals surface area contributed by atoms with Gasteiger partial charge in [-0.3, -0.25) is 14.9 Å². The molecule has 0 atom stereocenters. The summed E-state index contributed by atoms with van der Waals surface area (Å²) in [5, 5.41) is 19.4. The number of hydrogen-bond donors (Lipinski definition) is 0. The van der Waals surface area contributed by atoms with Crippen molar-refractivity contribution in [2.75, 3.05) is 18.1 Å². The lowest BCUT2D eigenvalue weighted by atomic mass is 10.2. The first kappa shape index (κ1) is 17.9. The van der Waals surface area contributed by atoms with Gasteiger partial charge in [0.25, 0.3) is 11.6 Å². The lowest BCUT2D eigenvalue weighted by Gasteiger charge is -2.22. The fraction of sp³-hybridized carbons (Fsp3) is 0.222. The van der Waals surface area contributed by atoms with E-state index in [9.17, 15) is 14.9 Å². The zero-order chi connectivity index (χ0) is 18.2. The van der Waals surface area contributed by atoms with Crippen LogP contribution in [0.4, 0.5) is 11.4 Å². The minimum absolute atomic E-state index is 0.0472. The number of hydrogen-bond acceptors (Lipinski definition) is 5. The van der Waals surface area contributed by atoms with E-state index in [0.29, 0.717) is 11.4 Å². The molecular weight excluding hydrogens is 322 g/mol. The topological polar surface area (TPSA) is 96.5 Å². The molecule has 128 valence electrons. The normalized spacial score (nSPS) is 9.92. The third-order valence-electron chi connectivity index (χ3n) is 3.50. The van der Waals surface area contributed by atoms with Crippen molar-refractivity contribution in [1.82, 2.24) is 0 Å². The number of ether oxygens (including phenoxy) is 1. The Bertz CT molecular complexity index is 779. The molecule has 0 fully saturated rings. The molecule has 0 saturated carbocycles. The predicted molar refractivity (Wildman–Crippen MR) is 92.4 cm³/mol. The highest BCUT2D eigenvalue weighted by molar-refractivity contribution is 5.94. The number of nitro benzene ring substituents is 1. The second-order valence-corrected chi connectivity index (χ2v) is 5.33. The average Bonchev–Trinajstić information content (AvgIpc) is 2.62. The molecular formula is C18H17N3O4. The Kier molecular flexibility index (Phi) is 6.07. The molecule has 0 aromatic heterocycles. The molecule has 0 radical (unpaired) electrons. The Labute approximate surface area is 145 Å². The van der Waals surface area contributed by atoms with Gasteiger partial charge in [0.2, 0.25) is 0 Å². The van der Waals surface area contributed by atoms with Gasteiger partial charge in [-0.05, 0) is 31.2 Å². The predicted octanol–water partition coefficient (Wildman–Crippen LogP) is 3.23. The van der Waals surface area contributed by atoms with Gasteiger partial charge in [-0.25, -0.2) is 0 Å². The van der Waals surface area contributed by atoms with E-state index in [-0.39, 0.29) is 31.2 Å². The molecule has 7 heteroatoms. The summed E-state index contributed by atoms with van der Waals surface area (Å²) in [7, 11) is 0. The molecule has 0 unspecified atom stereocenters. The van der Waals surface area contributed by atoms with Crippen LogP contribution in [-0.2, 0) is 4.79 Å². The van der Waals surface area contributed by atoms with Crippen molar-refractivity contribution in [1.29, 1.82) is 5.26 Å². The fourth-order valence-corrected chi connectivity index (χ4v) is 2.17. The van der Waals surface area contributed by atoms with E-state index in [4.69, 9.17) is 10.00 Å². The number of carbonyl (C=O) groups excluding carboxylic acids is 1. The number of non-ortho nitro benzene ring substituents is 1. The highest BCUT2D eigenvalue weighted by Crippen LogP contribution is 2.19. The standard InChI is InChI=1S/C18H17N3O4/c1-14-3-5-15(6-4-14)20(12-2-11-19)18(22)13-25-17-9-7-16(8-10-17)21(23)24/h3-10H,2,12-13H2,1H3. The Morgan fingerprint density at radius 1 is 1.20 bits per heavy atom. The maximum atomic E-state index is 12.5. The summed E-state index contributed by atoms with van der Waals surface area (Å²) in [6.45, 7) is 1.99. The van der Waals surface area contributed by atoms with Gasteiger partial charge in [0, 0.05) is 24.4 Å². The van der Waals surface area contributed by atoms with Crippen LogP contribution in [-0.4, -0.2) is 24.0 Å². The van der Waals surface area contributed by atoms with Gasteiger partial charge in [-0.15, -0.1) is 0 Å². The van der Waals surface area contributed by atoms with E-state index >= 15 is 0 Å². The first-order valence-corrected chi connectivity index (χ1v) is 7.62. The van der Waals surface area contributed by atoms with Crippen molar-refractivity contribution in [3.05, 3.63) is 64.2 Å². The zero-order valence-corrected chi connectivity index (χ0v) is 13.7. The van der Waals surface area contributed by atoms with E-state index in [1.54, 1.807) is 0 Å². The lowest BCUT2D eigenvalue weighted by molar-refractivity contribution is -0.384. The maximum absolute atomic E-state index is 12.5. The number of carbonyl (C=O) groups is 1. The van der Waals surface area contributed by atoms with Crippen molar-refractivity contribution in [2.24, 2.45) is 0 Å². The average molecular weight is 339 g/mol. The Balaban J connectivity index is 2.04. The van der Waals surface area contributed by atoms with Gasteiger partial charge in [-0.1, -0.05) is 17.7 Å². The van der Waals surface area contributed by atoms with Crippen LogP contribution in [0.2, 0.25) is 0 Å². The molecule has 0 bridgehead atoms. The smallest absolute Gasteiger partial charge is 0.269 e. The third kappa shape index (κ3) is 5.04. The van der Waals surface area contributed by atoms with Crippen molar-refractivity contribution in [3.63, 3.8) is 0 Å².